The first kappa shape index (κ1) is 19.9. The number of fused-ring (bicyclic) bond motifs is 1. The van der Waals surface area contributed by atoms with Crippen molar-refractivity contribution in [1.82, 2.24) is 20.0 Å². The van der Waals surface area contributed by atoms with Gasteiger partial charge in [-0.3, -0.25) is 5.32 Å². The van der Waals surface area contributed by atoms with E-state index >= 15 is 0 Å². The molecule has 1 aliphatic heterocycles. The number of nitrogens with one attached hydrogen (secondary N) is 1. The first-order chi connectivity index (χ1) is 14.6. The number of hydrogen-bond donors (Lipinski definition) is 2. The average molecular weight is 431 g/mol. The van der Waals surface area contributed by atoms with Gasteiger partial charge in [0.1, 0.15) is 17.0 Å². The third-order valence-corrected chi connectivity index (χ3v) is 5.26. The van der Waals surface area contributed by atoms with Crippen molar-refractivity contribution in [2.45, 2.75) is 0 Å². The number of thiazole rings is 1. The Kier molecular flexibility index (Phi) is 5.68. The summed E-state index contributed by atoms with van der Waals surface area (Å²) in [4.78, 5) is 33.4. The zero-order valence-electron chi connectivity index (χ0n) is 16.5. The van der Waals surface area contributed by atoms with E-state index in [0.717, 1.165) is 10.3 Å². The fourth-order valence-corrected chi connectivity index (χ4v) is 3.77. The first-order valence-corrected chi connectivity index (χ1v) is 10.0. The highest BCUT2D eigenvalue weighted by molar-refractivity contribution is 7.16. The Bertz CT molecular complexity index is 1030. The van der Waals surface area contributed by atoms with Gasteiger partial charge < -0.3 is 24.9 Å². The van der Waals surface area contributed by atoms with Gasteiger partial charge in [-0.05, 0) is 0 Å². The maximum atomic E-state index is 12.3. The summed E-state index contributed by atoms with van der Waals surface area (Å²) in [5, 5.41) is 4.29. The van der Waals surface area contributed by atoms with Crippen LogP contribution in [0.25, 0.3) is 10.3 Å². The minimum atomic E-state index is -0.591. The molecule has 0 spiro atoms. The summed E-state index contributed by atoms with van der Waals surface area (Å²) in [5.74, 6) is 2.05. The van der Waals surface area contributed by atoms with E-state index in [-0.39, 0.29) is 5.95 Å². The summed E-state index contributed by atoms with van der Waals surface area (Å²) in [6.45, 7) is 2.21. The molecular formula is C18H21N7O4S. The summed E-state index contributed by atoms with van der Waals surface area (Å²) in [6.07, 6.45) is -0.591. The molecule has 3 heterocycles. The Labute approximate surface area is 176 Å². The number of aromatic nitrogens is 3. The highest BCUT2D eigenvalue weighted by Gasteiger charge is 2.24. The van der Waals surface area contributed by atoms with Crippen molar-refractivity contribution in [2.24, 2.45) is 0 Å². The Hall–Kier alpha value is -3.38. The lowest BCUT2D eigenvalue weighted by Gasteiger charge is -2.33. The van der Waals surface area contributed by atoms with Gasteiger partial charge in [-0.2, -0.15) is 4.98 Å². The minimum Gasteiger partial charge on any atom is -0.497 e. The lowest BCUT2D eigenvalue weighted by Crippen LogP contribution is -2.47. The molecule has 1 aliphatic rings. The van der Waals surface area contributed by atoms with Crippen molar-refractivity contribution >= 4 is 45.2 Å². The second kappa shape index (κ2) is 8.55. The summed E-state index contributed by atoms with van der Waals surface area (Å²) < 4.78 is 10.4. The van der Waals surface area contributed by atoms with Crippen LogP contribution in [0.15, 0.2) is 23.7 Å². The van der Waals surface area contributed by atoms with E-state index in [1.165, 1.54) is 11.3 Å². The number of rotatable bonds is 5. The maximum Gasteiger partial charge on any atom is 0.430 e. The molecule has 2 aromatic heterocycles. The number of nitrogens with zero attached hydrogens (tertiary/aromatic N) is 5. The topological polar surface area (TPSA) is 128 Å². The Morgan fingerprint density at radius 1 is 1.10 bits per heavy atom. The van der Waals surface area contributed by atoms with Crippen LogP contribution in [0.1, 0.15) is 0 Å². The van der Waals surface area contributed by atoms with E-state index in [1.807, 2.05) is 0 Å². The summed E-state index contributed by atoms with van der Waals surface area (Å²) in [7, 11) is 3.09. The van der Waals surface area contributed by atoms with Gasteiger partial charge in [-0.25, -0.2) is 14.8 Å². The number of amides is 1. The SMILES string of the molecule is COc1cc(NC(=O)ON2CCN(c3nc(N)nc4scnc34)CC2)cc(OC)c1. The number of hydrogen-bond acceptors (Lipinski definition) is 11. The molecule has 4 rings (SSSR count). The smallest absolute Gasteiger partial charge is 0.430 e. The number of methoxy groups -OCH3 is 2. The highest BCUT2D eigenvalue weighted by atomic mass is 32.1. The average Bonchev–Trinajstić information content (AvgIpc) is 3.21. The Balaban J connectivity index is 1.36. The fourth-order valence-electron chi connectivity index (χ4n) is 3.11. The molecular weight excluding hydrogens is 410 g/mol. The zero-order chi connectivity index (χ0) is 21.1. The standard InChI is InChI=1S/C18H21N7O4S/c1-27-12-7-11(8-13(9-12)28-2)21-18(26)29-25-5-3-24(4-6-25)15-14-16(30-10-20-14)23-17(19)22-15/h7-10H,3-6H2,1-2H3,(H,21,26)(H2,19,22,23). The molecule has 3 aromatic rings. The third-order valence-electron chi connectivity index (χ3n) is 4.55. The molecule has 12 heteroatoms. The van der Waals surface area contributed by atoms with Crippen LogP contribution in [0.5, 0.6) is 11.5 Å². The first-order valence-electron chi connectivity index (χ1n) is 9.14. The van der Waals surface area contributed by atoms with E-state index in [4.69, 9.17) is 20.0 Å². The lowest BCUT2D eigenvalue weighted by atomic mass is 10.3. The number of ether oxygens (including phenoxy) is 2. The molecule has 0 saturated carbocycles. The van der Waals surface area contributed by atoms with Crippen molar-refractivity contribution in [3.8, 4) is 11.5 Å². The van der Waals surface area contributed by atoms with E-state index in [9.17, 15) is 4.79 Å². The van der Waals surface area contributed by atoms with Crippen molar-refractivity contribution in [1.29, 1.82) is 0 Å². The highest BCUT2D eigenvalue weighted by Crippen LogP contribution is 2.27. The summed E-state index contributed by atoms with van der Waals surface area (Å²) in [6, 6.07) is 5.08. The maximum absolute atomic E-state index is 12.3. The molecule has 0 aliphatic carbocycles. The number of nitrogen functional groups attached to an aromatic ring is 1. The van der Waals surface area contributed by atoms with Gasteiger partial charge in [-0.15, -0.1) is 16.4 Å². The van der Waals surface area contributed by atoms with Gasteiger partial charge in [0, 0.05) is 31.3 Å². The number of benzene rings is 1. The second-order valence-corrected chi connectivity index (χ2v) is 7.27. The van der Waals surface area contributed by atoms with Crippen LogP contribution in [0, 0.1) is 0 Å². The number of hydroxylamine groups is 2. The molecule has 0 bridgehead atoms. The van der Waals surface area contributed by atoms with Gasteiger partial charge in [0.05, 0.1) is 38.5 Å². The van der Waals surface area contributed by atoms with Gasteiger partial charge in [0.2, 0.25) is 5.95 Å². The van der Waals surface area contributed by atoms with E-state index in [0.29, 0.717) is 49.2 Å². The molecule has 0 unspecified atom stereocenters. The van der Waals surface area contributed by atoms with Gasteiger partial charge >= 0.3 is 6.09 Å². The van der Waals surface area contributed by atoms with Crippen molar-refractivity contribution in [3.63, 3.8) is 0 Å². The van der Waals surface area contributed by atoms with Gasteiger partial charge in [-0.1, -0.05) is 0 Å². The van der Waals surface area contributed by atoms with Gasteiger partial charge in [0.15, 0.2) is 10.6 Å². The normalized spacial score (nSPS) is 14.5. The molecule has 0 atom stereocenters. The molecule has 1 fully saturated rings. The Morgan fingerprint density at radius 2 is 1.80 bits per heavy atom. The minimum absolute atomic E-state index is 0.216. The van der Waals surface area contributed by atoms with E-state index in [2.05, 4.69) is 25.2 Å². The number of carbonyl (C=O) groups excluding carboxylic acids is 1. The van der Waals surface area contributed by atoms with Gasteiger partial charge in [0.25, 0.3) is 0 Å². The third kappa shape index (κ3) is 4.28. The molecule has 1 aromatic carbocycles. The largest absolute Gasteiger partial charge is 0.497 e. The number of nitrogens with two attached hydrogens (primary N) is 1. The van der Waals surface area contributed by atoms with Crippen LogP contribution in [0.4, 0.5) is 22.2 Å². The quantitative estimate of drug-likeness (QED) is 0.619. The van der Waals surface area contributed by atoms with Crippen LogP contribution in [-0.4, -0.2) is 66.5 Å². The Morgan fingerprint density at radius 3 is 2.47 bits per heavy atom. The van der Waals surface area contributed by atoms with Crippen LogP contribution < -0.4 is 25.4 Å². The van der Waals surface area contributed by atoms with Crippen molar-refractivity contribution < 1.29 is 19.1 Å². The van der Waals surface area contributed by atoms with Crippen LogP contribution in [0.3, 0.4) is 0 Å². The molecule has 3 N–H and O–H groups in total. The van der Waals surface area contributed by atoms with E-state index < -0.39 is 6.09 Å². The molecule has 11 nitrogen and oxygen atoms in total. The van der Waals surface area contributed by atoms with Crippen LogP contribution in [-0.2, 0) is 4.84 Å². The number of piperazine rings is 1. The van der Waals surface area contributed by atoms with E-state index in [1.54, 1.807) is 43.0 Å². The predicted octanol–water partition coefficient (Wildman–Crippen LogP) is 1.97. The number of carbonyl (C=O) groups is 1. The van der Waals surface area contributed by atoms with Crippen molar-refractivity contribution in [2.75, 3.05) is 56.3 Å². The van der Waals surface area contributed by atoms with Crippen LogP contribution >= 0.6 is 11.3 Å². The molecule has 158 valence electrons. The second-order valence-electron chi connectivity index (χ2n) is 6.43. The molecule has 1 amide bonds. The number of anilines is 3. The zero-order valence-corrected chi connectivity index (χ0v) is 17.3. The monoisotopic (exact) mass is 431 g/mol. The molecule has 0 radical (unpaired) electrons. The predicted molar refractivity (Wildman–Crippen MR) is 113 cm³/mol. The fraction of sp³-hybridized carbons (Fsp3) is 0.333. The van der Waals surface area contributed by atoms with Crippen molar-refractivity contribution in [3.05, 3.63) is 23.7 Å². The summed E-state index contributed by atoms with van der Waals surface area (Å²) in [5.41, 5.74) is 8.79. The van der Waals surface area contributed by atoms with Crippen LogP contribution in [0.2, 0.25) is 0 Å². The molecule has 30 heavy (non-hydrogen) atoms. The summed E-state index contributed by atoms with van der Waals surface area (Å²) >= 11 is 1.42. The lowest BCUT2D eigenvalue weighted by molar-refractivity contribution is -0.0966. The molecule has 1 saturated heterocycles.